The molecule has 25 heavy (non-hydrogen) atoms. The molecule has 0 aliphatic heterocycles. The van der Waals surface area contributed by atoms with Gasteiger partial charge < -0.3 is 15.0 Å². The van der Waals surface area contributed by atoms with Crippen LogP contribution in [0.5, 0.6) is 5.75 Å². The second-order valence-electron chi connectivity index (χ2n) is 6.28. The molecule has 1 N–H and O–H groups in total. The highest BCUT2D eigenvalue weighted by Gasteiger charge is 2.15. The Labute approximate surface area is 149 Å². The van der Waals surface area contributed by atoms with Crippen LogP contribution in [-0.4, -0.2) is 42.0 Å². The highest BCUT2D eigenvalue weighted by Crippen LogP contribution is 2.28. The fourth-order valence-electron chi connectivity index (χ4n) is 2.56. The molecule has 1 aromatic carbocycles. The van der Waals surface area contributed by atoms with Gasteiger partial charge in [-0.25, -0.2) is 0 Å². The molecule has 1 aromatic rings. The number of benzene rings is 1. The largest absolute Gasteiger partial charge is 0.495 e. The fraction of sp³-hybridized carbons (Fsp3) is 0.611. The van der Waals surface area contributed by atoms with Crippen LogP contribution in [0.3, 0.4) is 0 Å². The molecular formula is C18H29N3O4. The number of nitro benzene ring substituents is 1. The van der Waals surface area contributed by atoms with Crippen LogP contribution in [0.15, 0.2) is 18.2 Å². The maximum absolute atomic E-state index is 12.3. The van der Waals surface area contributed by atoms with E-state index >= 15 is 0 Å². The van der Waals surface area contributed by atoms with Gasteiger partial charge in [-0.15, -0.1) is 0 Å². The van der Waals surface area contributed by atoms with Crippen molar-refractivity contribution in [2.24, 2.45) is 0 Å². The molecule has 0 unspecified atom stereocenters. The molecule has 0 saturated carbocycles. The molecule has 0 spiro atoms. The average molecular weight is 351 g/mol. The minimum absolute atomic E-state index is 0.0838. The van der Waals surface area contributed by atoms with E-state index < -0.39 is 4.92 Å². The number of methoxy groups -OCH3 is 1. The Morgan fingerprint density at radius 2 is 2.04 bits per heavy atom. The van der Waals surface area contributed by atoms with Crippen LogP contribution in [-0.2, 0) is 4.79 Å². The Bertz CT molecular complexity index is 575. The number of non-ortho nitro benzene ring substituents is 1. The van der Waals surface area contributed by atoms with Crippen molar-refractivity contribution in [1.29, 1.82) is 0 Å². The van der Waals surface area contributed by atoms with E-state index in [-0.39, 0.29) is 11.6 Å². The topological polar surface area (TPSA) is 84.7 Å². The van der Waals surface area contributed by atoms with Gasteiger partial charge in [0.15, 0.2) is 0 Å². The van der Waals surface area contributed by atoms with Crippen molar-refractivity contribution >= 4 is 17.3 Å². The first-order chi connectivity index (χ1) is 11.9. The van der Waals surface area contributed by atoms with Gasteiger partial charge in [0.05, 0.1) is 17.7 Å². The van der Waals surface area contributed by atoms with Crippen LogP contribution < -0.4 is 10.1 Å². The van der Waals surface area contributed by atoms with Gasteiger partial charge >= 0.3 is 0 Å². The second kappa shape index (κ2) is 10.7. The van der Waals surface area contributed by atoms with Crippen molar-refractivity contribution in [2.45, 2.75) is 52.5 Å². The lowest BCUT2D eigenvalue weighted by molar-refractivity contribution is -0.384. The lowest BCUT2D eigenvalue weighted by atomic mass is 10.2. The van der Waals surface area contributed by atoms with Crippen LogP contribution in [0, 0.1) is 10.1 Å². The number of amides is 1. The van der Waals surface area contributed by atoms with Crippen molar-refractivity contribution in [3.8, 4) is 5.75 Å². The van der Waals surface area contributed by atoms with Crippen LogP contribution in [0.2, 0.25) is 0 Å². The molecule has 0 heterocycles. The second-order valence-corrected chi connectivity index (χ2v) is 6.28. The normalized spacial score (nSPS) is 11.0. The Morgan fingerprint density at radius 3 is 2.60 bits per heavy atom. The molecule has 0 aliphatic rings. The van der Waals surface area contributed by atoms with E-state index in [1.54, 1.807) is 0 Å². The molecule has 7 heteroatoms. The van der Waals surface area contributed by atoms with Gasteiger partial charge in [-0.1, -0.05) is 19.8 Å². The lowest BCUT2D eigenvalue weighted by Gasteiger charge is -2.26. The number of unbranched alkanes of at least 4 members (excludes halogenated alkanes) is 2. The third-order valence-corrected chi connectivity index (χ3v) is 4.07. The number of anilines is 1. The van der Waals surface area contributed by atoms with Gasteiger partial charge in [-0.2, -0.15) is 0 Å². The Balaban J connectivity index is 2.66. The summed E-state index contributed by atoms with van der Waals surface area (Å²) in [5.41, 5.74) is 0.239. The summed E-state index contributed by atoms with van der Waals surface area (Å²) in [4.78, 5) is 24.9. The fourth-order valence-corrected chi connectivity index (χ4v) is 2.56. The molecule has 0 radical (unpaired) electrons. The highest BCUT2D eigenvalue weighted by atomic mass is 16.6. The molecule has 0 saturated heterocycles. The van der Waals surface area contributed by atoms with Gasteiger partial charge in [0.2, 0.25) is 5.91 Å². The monoisotopic (exact) mass is 351 g/mol. The molecule has 1 rings (SSSR count). The summed E-state index contributed by atoms with van der Waals surface area (Å²) in [6, 6.07) is 4.52. The first-order valence-electron chi connectivity index (χ1n) is 8.75. The number of hydrogen-bond acceptors (Lipinski definition) is 5. The number of rotatable bonds is 11. The molecule has 0 atom stereocenters. The summed E-state index contributed by atoms with van der Waals surface area (Å²) in [6.45, 7) is 8.03. The Morgan fingerprint density at radius 1 is 1.32 bits per heavy atom. The van der Waals surface area contributed by atoms with E-state index in [1.165, 1.54) is 38.2 Å². The first kappa shape index (κ1) is 20.9. The summed E-state index contributed by atoms with van der Waals surface area (Å²) in [5.74, 6) is 0.225. The van der Waals surface area contributed by atoms with Crippen LogP contribution >= 0.6 is 0 Å². The van der Waals surface area contributed by atoms with E-state index in [0.29, 0.717) is 30.4 Å². The molecular weight excluding hydrogens is 322 g/mol. The Kier molecular flexibility index (Phi) is 8.91. The predicted molar refractivity (Wildman–Crippen MR) is 99.1 cm³/mol. The molecule has 0 fully saturated rings. The lowest BCUT2D eigenvalue weighted by Crippen LogP contribution is -2.34. The van der Waals surface area contributed by atoms with E-state index in [4.69, 9.17) is 4.74 Å². The minimum Gasteiger partial charge on any atom is -0.495 e. The number of nitro groups is 1. The number of nitrogens with zero attached hydrogens (tertiary/aromatic N) is 2. The Hall–Kier alpha value is -2.15. The van der Waals surface area contributed by atoms with E-state index in [9.17, 15) is 14.9 Å². The van der Waals surface area contributed by atoms with Crippen molar-refractivity contribution in [3.63, 3.8) is 0 Å². The average Bonchev–Trinajstić information content (AvgIpc) is 2.57. The molecule has 7 nitrogen and oxygen atoms in total. The molecule has 0 aromatic heterocycles. The van der Waals surface area contributed by atoms with Crippen molar-refractivity contribution in [2.75, 3.05) is 25.5 Å². The summed E-state index contributed by atoms with van der Waals surface area (Å²) in [7, 11) is 1.46. The van der Waals surface area contributed by atoms with Gasteiger partial charge in [-0.05, 0) is 32.9 Å². The van der Waals surface area contributed by atoms with Crippen molar-refractivity contribution < 1.29 is 14.5 Å². The number of ether oxygens (including phenoxy) is 1. The maximum Gasteiger partial charge on any atom is 0.271 e. The highest BCUT2D eigenvalue weighted by molar-refractivity contribution is 5.92. The third-order valence-electron chi connectivity index (χ3n) is 4.07. The first-order valence-corrected chi connectivity index (χ1v) is 8.75. The van der Waals surface area contributed by atoms with Crippen molar-refractivity contribution in [1.82, 2.24) is 4.90 Å². The van der Waals surface area contributed by atoms with Gasteiger partial charge in [-0.3, -0.25) is 14.9 Å². The third kappa shape index (κ3) is 7.09. The molecule has 0 bridgehead atoms. The molecule has 1 amide bonds. The summed E-state index contributed by atoms with van der Waals surface area (Å²) in [5, 5.41) is 13.6. The number of carbonyl (C=O) groups excluding carboxylic acids is 1. The number of carbonyl (C=O) groups is 1. The van der Waals surface area contributed by atoms with Gasteiger partial charge in [0, 0.05) is 31.1 Å². The predicted octanol–water partition coefficient (Wildman–Crippen LogP) is 3.83. The van der Waals surface area contributed by atoms with Crippen LogP contribution in [0.25, 0.3) is 0 Å². The van der Waals surface area contributed by atoms with E-state index in [0.717, 1.165) is 13.0 Å². The van der Waals surface area contributed by atoms with Gasteiger partial charge in [0.1, 0.15) is 5.75 Å². The molecule has 140 valence electrons. The zero-order valence-corrected chi connectivity index (χ0v) is 15.6. The summed E-state index contributed by atoms with van der Waals surface area (Å²) >= 11 is 0. The van der Waals surface area contributed by atoms with Crippen LogP contribution in [0.4, 0.5) is 11.4 Å². The standard InChI is InChI=1S/C18H29N3O4/c1-5-6-7-11-20(14(2)3)12-10-18(22)19-16-13-15(21(23)24)8-9-17(16)25-4/h8-9,13-14H,5-7,10-12H2,1-4H3,(H,19,22). The van der Waals surface area contributed by atoms with Crippen LogP contribution in [0.1, 0.15) is 46.5 Å². The quantitative estimate of drug-likeness (QED) is 0.372. The summed E-state index contributed by atoms with van der Waals surface area (Å²) < 4.78 is 5.16. The molecule has 0 aliphatic carbocycles. The number of nitrogens with one attached hydrogen (secondary N) is 1. The zero-order valence-electron chi connectivity index (χ0n) is 15.6. The zero-order chi connectivity index (χ0) is 18.8. The van der Waals surface area contributed by atoms with E-state index in [2.05, 4.69) is 31.0 Å². The minimum atomic E-state index is -0.497. The SMILES string of the molecule is CCCCCN(CCC(=O)Nc1cc([N+](=O)[O-])ccc1OC)C(C)C. The van der Waals surface area contributed by atoms with Gasteiger partial charge in [0.25, 0.3) is 5.69 Å². The number of hydrogen-bond donors (Lipinski definition) is 1. The maximum atomic E-state index is 12.3. The smallest absolute Gasteiger partial charge is 0.271 e. The van der Waals surface area contributed by atoms with E-state index in [1.807, 2.05) is 0 Å². The van der Waals surface area contributed by atoms with Crippen molar-refractivity contribution in [3.05, 3.63) is 28.3 Å². The summed E-state index contributed by atoms with van der Waals surface area (Å²) in [6.07, 6.45) is 3.80.